The first-order valence-corrected chi connectivity index (χ1v) is 6.51. The number of imide groups is 1. The molecule has 0 aromatic heterocycles. The second-order valence-electron chi connectivity index (χ2n) is 3.48. The highest BCUT2D eigenvalue weighted by atomic mass is 32.2. The van der Waals surface area contributed by atoms with Gasteiger partial charge in [-0.15, -0.1) is 0 Å². The highest BCUT2D eigenvalue weighted by Crippen LogP contribution is 2.00. The molecule has 1 atom stereocenters. The van der Waals surface area contributed by atoms with E-state index in [1.807, 2.05) is 13.8 Å². The summed E-state index contributed by atoms with van der Waals surface area (Å²) in [5.41, 5.74) is 0. The topological polar surface area (TPSA) is 95.5 Å². The maximum Gasteiger partial charge on any atom is 0.321 e. The van der Waals surface area contributed by atoms with Crippen LogP contribution in [0, 0.1) is 0 Å². The lowest BCUT2D eigenvalue weighted by Crippen LogP contribution is -2.44. The summed E-state index contributed by atoms with van der Waals surface area (Å²) in [5.74, 6) is 0.0896. The smallest absolute Gasteiger partial charge is 0.321 e. The molecule has 0 aromatic rings. The number of carbonyl (C=O) groups excluding carboxylic acids is 2. The molecule has 0 bridgehead atoms. The lowest BCUT2D eigenvalue weighted by Gasteiger charge is -2.13. The molecule has 0 fully saturated rings. The monoisotopic (exact) mass is 262 g/mol. The van der Waals surface area contributed by atoms with Crippen LogP contribution in [-0.4, -0.2) is 40.6 Å². The fraction of sp³-hybridized carbons (Fsp3) is 0.700. The molecule has 0 saturated heterocycles. The van der Waals surface area contributed by atoms with Gasteiger partial charge in [-0.2, -0.15) is 11.8 Å². The van der Waals surface area contributed by atoms with Gasteiger partial charge >= 0.3 is 12.0 Å². The molecule has 0 radical (unpaired) electrons. The summed E-state index contributed by atoms with van der Waals surface area (Å²) >= 11 is 1.69. The zero-order chi connectivity index (χ0) is 13.3. The standard InChI is InChI=1S/C10H18N2O4S/c1-3-17-6-7(2)11-10(16)12-8(13)4-5-9(14)15/h7H,3-6H2,1-2H3,(H,14,15)(H2,11,12,13,16). The third-order valence-electron chi connectivity index (χ3n) is 1.77. The minimum absolute atomic E-state index is 0.0350. The van der Waals surface area contributed by atoms with E-state index < -0.39 is 17.9 Å². The van der Waals surface area contributed by atoms with Crippen molar-refractivity contribution in [2.45, 2.75) is 32.7 Å². The van der Waals surface area contributed by atoms with Crippen LogP contribution in [0.1, 0.15) is 26.7 Å². The lowest BCUT2D eigenvalue weighted by molar-refractivity contribution is -0.138. The van der Waals surface area contributed by atoms with Gasteiger partial charge in [0.05, 0.1) is 6.42 Å². The van der Waals surface area contributed by atoms with E-state index in [2.05, 4.69) is 10.6 Å². The molecule has 7 heteroatoms. The van der Waals surface area contributed by atoms with E-state index in [0.29, 0.717) is 0 Å². The maximum absolute atomic E-state index is 11.3. The van der Waals surface area contributed by atoms with E-state index in [1.165, 1.54) is 0 Å². The Morgan fingerprint density at radius 2 is 1.94 bits per heavy atom. The van der Waals surface area contributed by atoms with Crippen molar-refractivity contribution in [1.82, 2.24) is 10.6 Å². The minimum atomic E-state index is -1.06. The Hall–Kier alpha value is -1.24. The van der Waals surface area contributed by atoms with Gasteiger partial charge in [-0.25, -0.2) is 4.79 Å². The van der Waals surface area contributed by atoms with Gasteiger partial charge in [-0.05, 0) is 12.7 Å². The summed E-state index contributed by atoms with van der Waals surface area (Å²) in [4.78, 5) is 32.6. The van der Waals surface area contributed by atoms with Gasteiger partial charge in [0.1, 0.15) is 0 Å². The van der Waals surface area contributed by atoms with Crippen LogP contribution in [0.4, 0.5) is 4.79 Å². The number of carboxylic acid groups (broad SMARTS) is 1. The molecule has 1 unspecified atom stereocenters. The van der Waals surface area contributed by atoms with Crippen LogP contribution in [0.2, 0.25) is 0 Å². The molecule has 0 saturated carbocycles. The van der Waals surface area contributed by atoms with Crippen LogP contribution in [0.15, 0.2) is 0 Å². The van der Waals surface area contributed by atoms with Crippen molar-refractivity contribution < 1.29 is 19.5 Å². The number of carbonyl (C=O) groups is 3. The van der Waals surface area contributed by atoms with Crippen LogP contribution < -0.4 is 10.6 Å². The number of aliphatic carboxylic acids is 1. The molecule has 98 valence electrons. The number of thioether (sulfide) groups is 1. The molecule has 0 heterocycles. The molecule has 6 nitrogen and oxygen atoms in total. The van der Waals surface area contributed by atoms with Gasteiger partial charge < -0.3 is 10.4 Å². The Bertz CT molecular complexity index is 283. The highest BCUT2D eigenvalue weighted by molar-refractivity contribution is 7.99. The van der Waals surface area contributed by atoms with Gasteiger partial charge in [0.15, 0.2) is 0 Å². The summed E-state index contributed by atoms with van der Waals surface area (Å²) in [5, 5.41) is 13.0. The summed E-state index contributed by atoms with van der Waals surface area (Å²) in [6.07, 6.45) is -0.471. The lowest BCUT2D eigenvalue weighted by atomic mass is 10.3. The number of nitrogens with one attached hydrogen (secondary N) is 2. The second-order valence-corrected chi connectivity index (χ2v) is 4.79. The summed E-state index contributed by atoms with van der Waals surface area (Å²) in [6.45, 7) is 3.86. The molecular weight excluding hydrogens is 244 g/mol. The van der Waals surface area contributed by atoms with E-state index in [9.17, 15) is 14.4 Å². The predicted molar refractivity (Wildman–Crippen MR) is 66.0 cm³/mol. The van der Waals surface area contributed by atoms with Crippen LogP contribution in [0.5, 0.6) is 0 Å². The quantitative estimate of drug-likeness (QED) is 0.631. The fourth-order valence-electron chi connectivity index (χ4n) is 1.01. The van der Waals surface area contributed by atoms with Crippen molar-refractivity contribution in [3.63, 3.8) is 0 Å². The van der Waals surface area contributed by atoms with Crippen LogP contribution in [-0.2, 0) is 9.59 Å². The average molecular weight is 262 g/mol. The average Bonchev–Trinajstić information content (AvgIpc) is 2.23. The zero-order valence-corrected chi connectivity index (χ0v) is 10.8. The van der Waals surface area contributed by atoms with Gasteiger partial charge in [0.2, 0.25) is 5.91 Å². The summed E-state index contributed by atoms with van der Waals surface area (Å²) in [6, 6.07) is -0.614. The first kappa shape index (κ1) is 15.8. The molecule has 0 aliphatic carbocycles. The number of rotatable bonds is 7. The summed E-state index contributed by atoms with van der Waals surface area (Å²) in [7, 11) is 0. The number of hydrogen-bond donors (Lipinski definition) is 3. The first-order valence-electron chi connectivity index (χ1n) is 5.35. The second kappa shape index (κ2) is 8.86. The number of urea groups is 1. The van der Waals surface area contributed by atoms with E-state index in [1.54, 1.807) is 11.8 Å². The largest absolute Gasteiger partial charge is 0.481 e. The van der Waals surface area contributed by atoms with Gasteiger partial charge in [-0.3, -0.25) is 14.9 Å². The van der Waals surface area contributed by atoms with E-state index in [-0.39, 0.29) is 18.9 Å². The molecular formula is C10H18N2O4S. The van der Waals surface area contributed by atoms with E-state index >= 15 is 0 Å². The van der Waals surface area contributed by atoms with Crippen LogP contribution in [0.3, 0.4) is 0 Å². The Kier molecular flexibility index (Phi) is 8.21. The molecule has 3 amide bonds. The Morgan fingerprint density at radius 3 is 2.47 bits per heavy atom. The normalized spacial score (nSPS) is 11.6. The van der Waals surface area contributed by atoms with Crippen molar-refractivity contribution in [3.05, 3.63) is 0 Å². The Morgan fingerprint density at radius 1 is 1.29 bits per heavy atom. The van der Waals surface area contributed by atoms with Crippen molar-refractivity contribution in [2.75, 3.05) is 11.5 Å². The van der Waals surface area contributed by atoms with Crippen LogP contribution in [0.25, 0.3) is 0 Å². The zero-order valence-electron chi connectivity index (χ0n) is 9.99. The molecule has 0 aliphatic heterocycles. The SMILES string of the molecule is CCSCC(C)NC(=O)NC(=O)CCC(=O)O. The predicted octanol–water partition coefficient (Wildman–Crippen LogP) is 0.819. The molecule has 17 heavy (non-hydrogen) atoms. The first-order chi connectivity index (χ1) is 7.95. The maximum atomic E-state index is 11.3. The molecule has 0 aromatic carbocycles. The van der Waals surface area contributed by atoms with E-state index in [0.717, 1.165) is 11.5 Å². The minimum Gasteiger partial charge on any atom is -0.481 e. The molecule has 0 spiro atoms. The van der Waals surface area contributed by atoms with E-state index in [4.69, 9.17) is 5.11 Å². The number of carboxylic acids is 1. The number of amides is 3. The Labute approximate surface area is 105 Å². The third-order valence-corrected chi connectivity index (χ3v) is 2.91. The molecule has 3 N–H and O–H groups in total. The third kappa shape index (κ3) is 9.68. The van der Waals surface area contributed by atoms with Crippen LogP contribution >= 0.6 is 11.8 Å². The van der Waals surface area contributed by atoms with Crippen molar-refractivity contribution in [1.29, 1.82) is 0 Å². The number of hydrogen-bond acceptors (Lipinski definition) is 4. The van der Waals surface area contributed by atoms with Gasteiger partial charge in [0.25, 0.3) is 0 Å². The fourth-order valence-corrected chi connectivity index (χ4v) is 1.68. The highest BCUT2D eigenvalue weighted by Gasteiger charge is 2.11. The van der Waals surface area contributed by atoms with Gasteiger partial charge in [-0.1, -0.05) is 6.92 Å². The van der Waals surface area contributed by atoms with Crippen molar-refractivity contribution in [2.24, 2.45) is 0 Å². The molecule has 0 rings (SSSR count). The van der Waals surface area contributed by atoms with Crippen molar-refractivity contribution >= 4 is 29.7 Å². The van der Waals surface area contributed by atoms with Gasteiger partial charge in [0, 0.05) is 18.2 Å². The Balaban J connectivity index is 3.77. The molecule has 0 aliphatic rings. The summed E-state index contributed by atoms with van der Waals surface area (Å²) < 4.78 is 0. The van der Waals surface area contributed by atoms with Crippen molar-refractivity contribution in [3.8, 4) is 0 Å².